The lowest BCUT2D eigenvalue weighted by molar-refractivity contribution is -0.152. The van der Waals surface area contributed by atoms with E-state index in [1.54, 1.807) is 0 Å². The molecule has 6 nitrogen and oxygen atoms in total. The number of nitrogens with one attached hydrogen (secondary N) is 2. The van der Waals surface area contributed by atoms with Crippen LogP contribution in [-0.2, 0) is 25.5 Å². The van der Waals surface area contributed by atoms with Crippen molar-refractivity contribution in [2.75, 3.05) is 13.2 Å². The summed E-state index contributed by atoms with van der Waals surface area (Å²) in [6, 6.07) is 10.1. The van der Waals surface area contributed by atoms with Crippen LogP contribution < -0.4 is 10.6 Å². The number of hydrogen-bond donors (Lipinski definition) is 2. The molecule has 1 atom stereocenters. The highest BCUT2D eigenvalue weighted by atomic mass is 16.5. The SMILES string of the molecule is CC(CCc1ccccc1)NC(=O)COC(=O)CNC(=O)C12CC3CC(CC(C3)C1)C2. The zero-order valence-electron chi connectivity index (χ0n) is 18.4. The van der Waals surface area contributed by atoms with E-state index in [0.29, 0.717) is 17.8 Å². The summed E-state index contributed by atoms with van der Waals surface area (Å²) in [6.07, 6.45) is 8.38. The van der Waals surface area contributed by atoms with E-state index in [9.17, 15) is 14.4 Å². The minimum Gasteiger partial charge on any atom is -0.454 e. The van der Waals surface area contributed by atoms with Crippen LogP contribution in [0.25, 0.3) is 0 Å². The maximum Gasteiger partial charge on any atom is 0.325 e. The molecule has 0 aliphatic heterocycles. The number of carbonyl (C=O) groups is 3. The van der Waals surface area contributed by atoms with Crippen LogP contribution in [0.5, 0.6) is 0 Å². The fourth-order valence-corrected chi connectivity index (χ4v) is 6.34. The Morgan fingerprint density at radius 2 is 1.65 bits per heavy atom. The fraction of sp³-hybridized carbons (Fsp3) is 0.640. The third kappa shape index (κ3) is 5.46. The van der Waals surface area contributed by atoms with Crippen molar-refractivity contribution in [2.45, 2.75) is 64.3 Å². The van der Waals surface area contributed by atoms with Gasteiger partial charge in [0.1, 0.15) is 6.54 Å². The molecule has 31 heavy (non-hydrogen) atoms. The first-order valence-corrected chi connectivity index (χ1v) is 11.7. The lowest BCUT2D eigenvalue weighted by Gasteiger charge is -2.55. The topological polar surface area (TPSA) is 84.5 Å². The predicted octanol–water partition coefficient (Wildman–Crippen LogP) is 3.00. The third-order valence-corrected chi connectivity index (χ3v) is 7.39. The number of rotatable bonds is 9. The van der Waals surface area contributed by atoms with Gasteiger partial charge in [0.05, 0.1) is 0 Å². The molecule has 4 bridgehead atoms. The molecule has 4 aliphatic rings. The maximum absolute atomic E-state index is 12.9. The molecule has 0 spiro atoms. The van der Waals surface area contributed by atoms with Gasteiger partial charge in [-0.2, -0.15) is 0 Å². The fourth-order valence-electron chi connectivity index (χ4n) is 6.34. The Labute approximate surface area is 184 Å². The summed E-state index contributed by atoms with van der Waals surface area (Å²) in [5.74, 6) is 1.15. The Balaban J connectivity index is 1.13. The molecule has 1 aromatic rings. The highest BCUT2D eigenvalue weighted by Gasteiger charge is 2.54. The van der Waals surface area contributed by atoms with Crippen molar-refractivity contribution in [3.8, 4) is 0 Å². The van der Waals surface area contributed by atoms with Crippen LogP contribution in [0, 0.1) is 23.2 Å². The van der Waals surface area contributed by atoms with Crippen LogP contribution in [0.2, 0.25) is 0 Å². The van der Waals surface area contributed by atoms with E-state index in [2.05, 4.69) is 22.8 Å². The maximum atomic E-state index is 12.9. The van der Waals surface area contributed by atoms with E-state index in [-0.39, 0.29) is 36.4 Å². The lowest BCUT2D eigenvalue weighted by Crippen LogP contribution is -2.54. The average Bonchev–Trinajstić information content (AvgIpc) is 2.74. The quantitative estimate of drug-likeness (QED) is 0.595. The third-order valence-electron chi connectivity index (χ3n) is 7.39. The Kier molecular flexibility index (Phi) is 6.63. The van der Waals surface area contributed by atoms with Crippen molar-refractivity contribution in [1.29, 1.82) is 0 Å². The van der Waals surface area contributed by atoms with Crippen molar-refractivity contribution in [1.82, 2.24) is 10.6 Å². The van der Waals surface area contributed by atoms with E-state index < -0.39 is 5.97 Å². The molecular weight excluding hydrogens is 392 g/mol. The molecule has 1 aromatic carbocycles. The molecule has 0 radical (unpaired) electrons. The first kappa shape index (κ1) is 21.8. The molecule has 5 rings (SSSR count). The number of hydrogen-bond acceptors (Lipinski definition) is 4. The Morgan fingerprint density at radius 1 is 1.03 bits per heavy atom. The summed E-state index contributed by atoms with van der Waals surface area (Å²) in [6.45, 7) is 1.45. The van der Waals surface area contributed by atoms with Crippen molar-refractivity contribution in [3.05, 3.63) is 35.9 Å². The minimum atomic E-state index is -0.565. The van der Waals surface area contributed by atoms with Gasteiger partial charge in [-0.05, 0) is 81.6 Å². The zero-order valence-corrected chi connectivity index (χ0v) is 18.4. The molecule has 6 heteroatoms. The Morgan fingerprint density at radius 3 is 2.26 bits per heavy atom. The van der Waals surface area contributed by atoms with Gasteiger partial charge < -0.3 is 15.4 Å². The lowest BCUT2D eigenvalue weighted by atomic mass is 9.49. The highest BCUT2D eigenvalue weighted by Crippen LogP contribution is 2.60. The summed E-state index contributed by atoms with van der Waals surface area (Å²) >= 11 is 0. The van der Waals surface area contributed by atoms with E-state index in [0.717, 1.165) is 32.1 Å². The van der Waals surface area contributed by atoms with Gasteiger partial charge in [0.25, 0.3) is 5.91 Å². The highest BCUT2D eigenvalue weighted by molar-refractivity contribution is 5.87. The number of ether oxygens (including phenoxy) is 1. The van der Waals surface area contributed by atoms with Gasteiger partial charge in [-0.15, -0.1) is 0 Å². The van der Waals surface area contributed by atoms with Crippen molar-refractivity contribution >= 4 is 17.8 Å². The second kappa shape index (κ2) is 9.41. The van der Waals surface area contributed by atoms with Gasteiger partial charge in [0.15, 0.2) is 6.61 Å². The number of carbonyl (C=O) groups excluding carboxylic acids is 3. The van der Waals surface area contributed by atoms with E-state index in [4.69, 9.17) is 4.74 Å². The summed E-state index contributed by atoms with van der Waals surface area (Å²) < 4.78 is 5.07. The molecule has 0 aromatic heterocycles. The van der Waals surface area contributed by atoms with Crippen LogP contribution in [0.4, 0.5) is 0 Å². The number of amides is 2. The van der Waals surface area contributed by atoms with Crippen molar-refractivity contribution in [3.63, 3.8) is 0 Å². The predicted molar refractivity (Wildman–Crippen MR) is 117 cm³/mol. The molecule has 0 saturated heterocycles. The van der Waals surface area contributed by atoms with E-state index in [1.807, 2.05) is 25.1 Å². The molecule has 4 aliphatic carbocycles. The Hall–Kier alpha value is -2.37. The van der Waals surface area contributed by atoms with Crippen LogP contribution in [0.3, 0.4) is 0 Å². The van der Waals surface area contributed by atoms with Crippen LogP contribution in [-0.4, -0.2) is 37.0 Å². The minimum absolute atomic E-state index is 0.00235. The second-order valence-electron chi connectivity index (χ2n) is 10.0. The van der Waals surface area contributed by atoms with E-state index in [1.165, 1.54) is 24.8 Å². The average molecular weight is 427 g/mol. The molecule has 1 unspecified atom stereocenters. The normalized spacial score (nSPS) is 29.3. The Bertz CT molecular complexity index is 772. The molecule has 2 N–H and O–H groups in total. The van der Waals surface area contributed by atoms with Crippen LogP contribution >= 0.6 is 0 Å². The number of aryl methyl sites for hydroxylation is 1. The van der Waals surface area contributed by atoms with E-state index >= 15 is 0 Å². The zero-order chi connectivity index (χ0) is 21.8. The summed E-state index contributed by atoms with van der Waals surface area (Å²) in [5.41, 5.74) is 0.949. The summed E-state index contributed by atoms with van der Waals surface area (Å²) in [7, 11) is 0. The van der Waals surface area contributed by atoms with Crippen molar-refractivity contribution < 1.29 is 19.1 Å². The van der Waals surface area contributed by atoms with Crippen LogP contribution in [0.1, 0.15) is 57.4 Å². The number of benzene rings is 1. The molecule has 4 fully saturated rings. The van der Waals surface area contributed by atoms with Gasteiger partial charge in [-0.25, -0.2) is 0 Å². The second-order valence-corrected chi connectivity index (χ2v) is 10.0. The molecular formula is C25H34N2O4. The smallest absolute Gasteiger partial charge is 0.325 e. The van der Waals surface area contributed by atoms with Gasteiger partial charge in [-0.3, -0.25) is 14.4 Å². The summed E-state index contributed by atoms with van der Waals surface area (Å²) in [5, 5.41) is 5.65. The van der Waals surface area contributed by atoms with Gasteiger partial charge in [-0.1, -0.05) is 30.3 Å². The molecule has 0 heterocycles. The first-order chi connectivity index (χ1) is 14.9. The standard InChI is InChI=1S/C25H34N2O4/c1-17(7-8-18-5-3-2-4-6-18)27-22(28)16-31-23(29)15-26-24(30)25-12-19-9-20(13-25)11-21(10-19)14-25/h2-6,17,19-21H,7-16H2,1H3,(H,26,30)(H,27,28). The van der Waals surface area contributed by atoms with Gasteiger partial charge >= 0.3 is 5.97 Å². The van der Waals surface area contributed by atoms with Gasteiger partial charge in [0, 0.05) is 11.5 Å². The number of esters is 1. The van der Waals surface area contributed by atoms with Crippen molar-refractivity contribution in [2.24, 2.45) is 23.2 Å². The summed E-state index contributed by atoms with van der Waals surface area (Å²) in [4.78, 5) is 37.0. The molecule has 2 amide bonds. The molecule has 168 valence electrons. The van der Waals surface area contributed by atoms with Gasteiger partial charge in [0.2, 0.25) is 5.91 Å². The van der Waals surface area contributed by atoms with Crippen LogP contribution in [0.15, 0.2) is 30.3 Å². The first-order valence-electron chi connectivity index (χ1n) is 11.7. The monoisotopic (exact) mass is 426 g/mol. The largest absolute Gasteiger partial charge is 0.454 e. The molecule has 4 saturated carbocycles.